The molecule has 0 bridgehead atoms. The fraction of sp³-hybridized carbons (Fsp3) is 0.600. The van der Waals surface area contributed by atoms with Crippen molar-refractivity contribution in [1.29, 1.82) is 0 Å². The molecule has 0 spiro atoms. The zero-order valence-electron chi connectivity index (χ0n) is 14.6. The summed E-state index contributed by atoms with van der Waals surface area (Å²) in [4.78, 5) is 0. The Hall–Kier alpha value is -1.04. The van der Waals surface area contributed by atoms with Crippen molar-refractivity contribution in [2.24, 2.45) is 10.8 Å². The van der Waals surface area contributed by atoms with Crippen molar-refractivity contribution in [3.8, 4) is 0 Å². The number of allylic oxidation sites excluding steroid dienone is 7. The van der Waals surface area contributed by atoms with E-state index in [1.807, 2.05) is 0 Å². The molecular formula is C20H32. The maximum atomic E-state index is 3.98. The van der Waals surface area contributed by atoms with Crippen LogP contribution in [0.4, 0.5) is 0 Å². The smallest absolute Gasteiger partial charge is 0.0132 e. The van der Waals surface area contributed by atoms with Gasteiger partial charge < -0.3 is 0 Å². The van der Waals surface area contributed by atoms with E-state index < -0.39 is 0 Å². The maximum Gasteiger partial charge on any atom is -0.0132 e. The lowest BCUT2D eigenvalue weighted by atomic mass is 9.76. The molecule has 0 aliphatic heterocycles. The predicted octanol–water partition coefficient (Wildman–Crippen LogP) is 6.62. The van der Waals surface area contributed by atoms with Crippen LogP contribution < -0.4 is 0 Å². The van der Waals surface area contributed by atoms with Crippen molar-refractivity contribution in [3.05, 3.63) is 47.1 Å². The van der Waals surface area contributed by atoms with Crippen molar-refractivity contribution in [2.75, 3.05) is 0 Å². The lowest BCUT2D eigenvalue weighted by molar-refractivity contribution is 0.352. The Morgan fingerprint density at radius 2 is 1.40 bits per heavy atom. The molecule has 0 aromatic heterocycles. The first-order valence-electron chi connectivity index (χ1n) is 7.71. The van der Waals surface area contributed by atoms with E-state index >= 15 is 0 Å². The van der Waals surface area contributed by atoms with E-state index in [9.17, 15) is 0 Å². The Balaban J connectivity index is 0.000000200. The highest BCUT2D eigenvalue weighted by molar-refractivity contribution is 5.28. The summed E-state index contributed by atoms with van der Waals surface area (Å²) in [7, 11) is 0. The molecule has 20 heavy (non-hydrogen) atoms. The minimum absolute atomic E-state index is 0.392. The van der Waals surface area contributed by atoms with Crippen LogP contribution in [-0.4, -0.2) is 0 Å². The first-order valence-corrected chi connectivity index (χ1v) is 7.71. The third kappa shape index (κ3) is 5.94. The first kappa shape index (κ1) is 17.0. The van der Waals surface area contributed by atoms with Gasteiger partial charge in [-0.2, -0.15) is 0 Å². The second kappa shape index (κ2) is 6.16. The Labute approximate surface area is 126 Å². The molecule has 0 N–H and O–H groups in total. The van der Waals surface area contributed by atoms with Crippen molar-refractivity contribution in [1.82, 2.24) is 0 Å². The highest BCUT2D eigenvalue weighted by Crippen LogP contribution is 2.36. The van der Waals surface area contributed by atoms with Gasteiger partial charge in [-0.15, -0.1) is 0 Å². The minimum atomic E-state index is 0.392. The quantitative estimate of drug-likeness (QED) is 0.465. The van der Waals surface area contributed by atoms with Gasteiger partial charge in [0.1, 0.15) is 0 Å². The highest BCUT2D eigenvalue weighted by atomic mass is 14.3. The fourth-order valence-electron chi connectivity index (χ4n) is 3.75. The molecule has 0 aromatic carbocycles. The van der Waals surface area contributed by atoms with Gasteiger partial charge in [-0.1, -0.05) is 74.8 Å². The third-order valence-electron chi connectivity index (χ3n) is 3.74. The molecule has 112 valence electrons. The molecule has 2 rings (SSSR count). The van der Waals surface area contributed by atoms with E-state index in [0.29, 0.717) is 10.8 Å². The first-order chi connectivity index (χ1) is 8.99. The lowest BCUT2D eigenvalue weighted by Crippen LogP contribution is -2.15. The molecule has 0 fully saturated rings. The largest absolute Gasteiger partial charge is 0.0958 e. The molecule has 0 nitrogen and oxygen atoms in total. The van der Waals surface area contributed by atoms with E-state index in [4.69, 9.17) is 0 Å². The molecule has 0 heteroatoms. The van der Waals surface area contributed by atoms with Crippen molar-refractivity contribution in [2.45, 2.75) is 67.7 Å². The molecule has 0 saturated heterocycles. The molecule has 0 atom stereocenters. The molecule has 0 unspecified atom stereocenters. The summed E-state index contributed by atoms with van der Waals surface area (Å²) < 4.78 is 0. The fourth-order valence-corrected chi connectivity index (χ4v) is 3.75. The Morgan fingerprint density at radius 3 is 1.80 bits per heavy atom. The van der Waals surface area contributed by atoms with Crippen LogP contribution in [-0.2, 0) is 0 Å². The van der Waals surface area contributed by atoms with Gasteiger partial charge in [0.2, 0.25) is 0 Å². The van der Waals surface area contributed by atoms with E-state index in [2.05, 4.69) is 73.3 Å². The molecule has 0 heterocycles. The van der Waals surface area contributed by atoms with E-state index in [1.165, 1.54) is 35.1 Å². The van der Waals surface area contributed by atoms with Crippen LogP contribution in [0.15, 0.2) is 47.1 Å². The van der Waals surface area contributed by atoms with Gasteiger partial charge in [-0.25, -0.2) is 0 Å². The van der Waals surface area contributed by atoms with Gasteiger partial charge in [-0.05, 0) is 50.9 Å². The molecule has 0 amide bonds. The summed E-state index contributed by atoms with van der Waals surface area (Å²) in [5, 5.41) is 0. The van der Waals surface area contributed by atoms with Gasteiger partial charge in [0.05, 0.1) is 0 Å². The third-order valence-corrected chi connectivity index (χ3v) is 3.74. The maximum absolute atomic E-state index is 3.98. The molecule has 0 aromatic rings. The zero-order valence-corrected chi connectivity index (χ0v) is 14.6. The zero-order chi connectivity index (χ0) is 15.6. The monoisotopic (exact) mass is 272 g/mol. The van der Waals surface area contributed by atoms with Crippen LogP contribution in [0.25, 0.3) is 0 Å². The van der Waals surface area contributed by atoms with Gasteiger partial charge in [0.25, 0.3) is 0 Å². The van der Waals surface area contributed by atoms with Crippen LogP contribution in [0.1, 0.15) is 67.7 Å². The summed E-state index contributed by atoms with van der Waals surface area (Å²) in [6.45, 7) is 19.7. The van der Waals surface area contributed by atoms with Crippen LogP contribution in [0.2, 0.25) is 0 Å². The topological polar surface area (TPSA) is 0 Å². The Morgan fingerprint density at radius 1 is 0.850 bits per heavy atom. The average Bonchev–Trinajstić information content (AvgIpc) is 2.08. The van der Waals surface area contributed by atoms with Crippen molar-refractivity contribution >= 4 is 0 Å². The second-order valence-electron chi connectivity index (χ2n) is 8.21. The summed E-state index contributed by atoms with van der Waals surface area (Å²) in [6, 6.07) is 0. The second-order valence-corrected chi connectivity index (χ2v) is 8.21. The lowest BCUT2D eigenvalue weighted by Gasteiger charge is -2.29. The predicted molar refractivity (Wildman–Crippen MR) is 91.8 cm³/mol. The van der Waals surface area contributed by atoms with E-state index in [1.54, 1.807) is 0 Å². The molecule has 2 aliphatic rings. The van der Waals surface area contributed by atoms with Gasteiger partial charge in [0, 0.05) is 0 Å². The Kier molecular flexibility index (Phi) is 5.24. The van der Waals surface area contributed by atoms with Crippen LogP contribution >= 0.6 is 0 Å². The number of hydrogen-bond donors (Lipinski definition) is 0. The van der Waals surface area contributed by atoms with E-state index in [-0.39, 0.29) is 0 Å². The van der Waals surface area contributed by atoms with Gasteiger partial charge in [0.15, 0.2) is 0 Å². The standard InChI is InChI=1S/2C10H16/c2*1-8-5-9(2)7-10(3,4)6-8/h5-6H,7H2,1-4H3;5H,1,6-7H2,2-4H3. The summed E-state index contributed by atoms with van der Waals surface area (Å²) >= 11 is 0. The SMILES string of the molecule is C=C1C=C(C)CC(C)(C)C1.CC1=CC(C)(C)CC(C)=C1. The van der Waals surface area contributed by atoms with Crippen LogP contribution in [0.5, 0.6) is 0 Å². The molecule has 0 saturated carbocycles. The highest BCUT2D eigenvalue weighted by Gasteiger charge is 2.22. The van der Waals surface area contributed by atoms with Crippen LogP contribution in [0.3, 0.4) is 0 Å². The molecule has 0 radical (unpaired) electrons. The van der Waals surface area contributed by atoms with Gasteiger partial charge >= 0.3 is 0 Å². The van der Waals surface area contributed by atoms with Crippen molar-refractivity contribution < 1.29 is 0 Å². The minimum Gasteiger partial charge on any atom is -0.0958 e. The normalized spacial score (nSPS) is 23.9. The van der Waals surface area contributed by atoms with Crippen molar-refractivity contribution in [3.63, 3.8) is 0 Å². The molecular weight excluding hydrogens is 240 g/mol. The summed E-state index contributed by atoms with van der Waals surface area (Å²) in [5.74, 6) is 0. The summed E-state index contributed by atoms with van der Waals surface area (Å²) in [6.07, 6.45) is 10.4. The van der Waals surface area contributed by atoms with Gasteiger partial charge in [-0.3, -0.25) is 0 Å². The average molecular weight is 272 g/mol. The number of rotatable bonds is 0. The van der Waals surface area contributed by atoms with E-state index in [0.717, 1.165) is 6.42 Å². The van der Waals surface area contributed by atoms with Crippen LogP contribution in [0, 0.1) is 10.8 Å². The summed E-state index contributed by atoms with van der Waals surface area (Å²) in [5.41, 5.74) is 6.52. The number of hydrogen-bond acceptors (Lipinski definition) is 0. The Bertz CT molecular complexity index is 458. The molecule has 2 aliphatic carbocycles.